The molecule has 1 atom stereocenters. The second-order valence-electron chi connectivity index (χ2n) is 7.56. The van der Waals surface area contributed by atoms with Crippen molar-refractivity contribution in [2.45, 2.75) is 19.9 Å². The highest BCUT2D eigenvalue weighted by molar-refractivity contribution is 5.94. The van der Waals surface area contributed by atoms with Gasteiger partial charge < -0.3 is 9.67 Å². The first-order valence-electron chi connectivity index (χ1n) is 10.0. The number of hydrogen-bond donors (Lipinski definition) is 1. The molecular weight excluding hydrogens is 405 g/mol. The van der Waals surface area contributed by atoms with Gasteiger partial charge in [-0.05, 0) is 54.8 Å². The van der Waals surface area contributed by atoms with E-state index in [1.54, 1.807) is 12.1 Å². The Labute approximate surface area is 184 Å². The number of benzene rings is 2. The normalized spacial score (nSPS) is 12.2. The number of nitrogens with zero attached hydrogens (tertiary/aromatic N) is 3. The monoisotopic (exact) mass is 425 g/mol. The van der Waals surface area contributed by atoms with Gasteiger partial charge in [-0.2, -0.15) is 5.26 Å². The molecule has 4 aromatic rings. The Kier molecular flexibility index (Phi) is 5.57. The van der Waals surface area contributed by atoms with Crippen molar-refractivity contribution < 1.29 is 14.3 Å². The van der Waals surface area contributed by atoms with Crippen LogP contribution in [0.1, 0.15) is 39.7 Å². The van der Waals surface area contributed by atoms with Crippen LogP contribution in [0.15, 0.2) is 66.7 Å². The second-order valence-corrected chi connectivity index (χ2v) is 7.56. The van der Waals surface area contributed by atoms with Crippen molar-refractivity contribution in [1.29, 1.82) is 5.26 Å². The first kappa shape index (κ1) is 21.0. The lowest BCUT2D eigenvalue weighted by Gasteiger charge is -2.23. The third kappa shape index (κ3) is 3.77. The van der Waals surface area contributed by atoms with Crippen molar-refractivity contribution in [2.24, 2.45) is 0 Å². The summed E-state index contributed by atoms with van der Waals surface area (Å²) in [6.07, 6.45) is 2.44. The van der Waals surface area contributed by atoms with E-state index < -0.39 is 12.0 Å². The van der Waals surface area contributed by atoms with Crippen LogP contribution >= 0.6 is 0 Å². The van der Waals surface area contributed by atoms with E-state index in [0.29, 0.717) is 22.3 Å². The summed E-state index contributed by atoms with van der Waals surface area (Å²) >= 11 is 0. The van der Waals surface area contributed by atoms with Gasteiger partial charge >= 0.3 is 5.97 Å². The number of carboxylic acids is 1. The summed E-state index contributed by atoms with van der Waals surface area (Å²) in [7, 11) is 0. The number of nitriles is 1. The van der Waals surface area contributed by atoms with Crippen LogP contribution in [0.25, 0.3) is 17.1 Å². The number of hydrogen-bond acceptors (Lipinski definition) is 3. The lowest BCUT2D eigenvalue weighted by molar-refractivity contribution is -0.131. The molecule has 0 bridgehead atoms. The van der Waals surface area contributed by atoms with E-state index >= 15 is 0 Å². The van der Waals surface area contributed by atoms with Crippen molar-refractivity contribution >= 4 is 23.1 Å². The summed E-state index contributed by atoms with van der Waals surface area (Å²) in [5.41, 5.74) is 4.69. The molecule has 1 unspecified atom stereocenters. The van der Waals surface area contributed by atoms with E-state index in [4.69, 9.17) is 4.98 Å². The smallest absolute Gasteiger partial charge is 0.328 e. The predicted molar refractivity (Wildman–Crippen MR) is 121 cm³/mol. The maximum atomic E-state index is 13.7. The van der Waals surface area contributed by atoms with Crippen LogP contribution in [0.3, 0.4) is 0 Å². The van der Waals surface area contributed by atoms with E-state index in [2.05, 4.69) is 6.07 Å². The van der Waals surface area contributed by atoms with Crippen LogP contribution in [-0.4, -0.2) is 20.6 Å². The molecule has 0 aliphatic carbocycles. The summed E-state index contributed by atoms with van der Waals surface area (Å²) in [4.78, 5) is 16.1. The van der Waals surface area contributed by atoms with Crippen molar-refractivity contribution in [3.8, 4) is 6.07 Å². The lowest BCUT2D eigenvalue weighted by Crippen LogP contribution is -2.15. The van der Waals surface area contributed by atoms with Gasteiger partial charge in [0.1, 0.15) is 17.5 Å². The van der Waals surface area contributed by atoms with Crippen molar-refractivity contribution in [2.75, 3.05) is 0 Å². The van der Waals surface area contributed by atoms with Gasteiger partial charge in [-0.1, -0.05) is 42.5 Å². The quantitative estimate of drug-likeness (QED) is 0.434. The number of rotatable bonds is 5. The number of carboxylic acid groups (broad SMARTS) is 1. The largest absolute Gasteiger partial charge is 0.478 e. The SMILES string of the molecule is Cc1cc(C)c2c(C#N)c(C=CC(=O)O)n(C(c3ccccc3)c3ccc(F)cc3)c2n1. The molecule has 0 saturated heterocycles. The van der Waals surface area contributed by atoms with Crippen LogP contribution in [0.2, 0.25) is 0 Å². The predicted octanol–water partition coefficient (Wildman–Crippen LogP) is 5.40. The van der Waals surface area contributed by atoms with Crippen LogP contribution in [0.4, 0.5) is 4.39 Å². The van der Waals surface area contributed by atoms with Crippen molar-refractivity contribution in [1.82, 2.24) is 9.55 Å². The molecule has 0 radical (unpaired) electrons. The molecule has 5 nitrogen and oxygen atoms in total. The average molecular weight is 425 g/mol. The molecule has 4 rings (SSSR count). The van der Waals surface area contributed by atoms with Crippen LogP contribution in [0, 0.1) is 31.0 Å². The Morgan fingerprint density at radius 1 is 1.12 bits per heavy atom. The average Bonchev–Trinajstić information content (AvgIpc) is 3.08. The van der Waals surface area contributed by atoms with Gasteiger partial charge in [-0.15, -0.1) is 0 Å². The molecular formula is C26H20FN3O2. The number of fused-ring (bicyclic) bond motifs is 1. The second kappa shape index (κ2) is 8.48. The molecule has 6 heteroatoms. The van der Waals surface area contributed by atoms with Gasteiger partial charge in [-0.25, -0.2) is 14.2 Å². The zero-order valence-electron chi connectivity index (χ0n) is 17.6. The lowest BCUT2D eigenvalue weighted by atomic mass is 9.98. The maximum absolute atomic E-state index is 13.7. The van der Waals surface area contributed by atoms with Crippen molar-refractivity contribution in [3.05, 3.63) is 106 Å². The Balaban J connectivity index is 2.16. The Morgan fingerprint density at radius 3 is 2.41 bits per heavy atom. The van der Waals surface area contributed by atoms with Crippen LogP contribution < -0.4 is 0 Å². The zero-order valence-corrected chi connectivity index (χ0v) is 17.6. The summed E-state index contributed by atoms with van der Waals surface area (Å²) in [5, 5.41) is 20.0. The molecule has 2 heterocycles. The molecule has 158 valence electrons. The Morgan fingerprint density at radius 2 is 1.78 bits per heavy atom. The number of aromatic nitrogens is 2. The first-order chi connectivity index (χ1) is 15.4. The standard InChI is InChI=1S/C26H20FN3O2/c1-16-14-17(2)29-26-24(16)21(15-28)22(12-13-23(31)32)30(26)25(18-6-4-3-5-7-18)19-8-10-20(27)11-9-19/h3-14,25H,1-2H3,(H,31,32). The summed E-state index contributed by atoms with van der Waals surface area (Å²) in [5.74, 6) is -1.48. The number of halogens is 1. The molecule has 0 saturated carbocycles. The Hall–Kier alpha value is -4.24. The van der Waals surface area contributed by atoms with Crippen molar-refractivity contribution in [3.63, 3.8) is 0 Å². The van der Waals surface area contributed by atoms with E-state index in [1.165, 1.54) is 18.2 Å². The highest BCUT2D eigenvalue weighted by Crippen LogP contribution is 2.37. The minimum absolute atomic E-state index is 0.352. The van der Waals surface area contributed by atoms with Gasteiger partial charge in [-0.3, -0.25) is 0 Å². The Bertz CT molecular complexity index is 1380. The minimum Gasteiger partial charge on any atom is -0.478 e. The molecule has 32 heavy (non-hydrogen) atoms. The van der Waals surface area contributed by atoms with E-state index in [9.17, 15) is 19.6 Å². The molecule has 2 aromatic heterocycles. The number of aliphatic carboxylic acids is 1. The summed E-state index contributed by atoms with van der Waals surface area (Å²) in [6, 6.07) is 19.4. The molecule has 1 N–H and O–H groups in total. The minimum atomic E-state index is -1.12. The van der Waals surface area contributed by atoms with Gasteiger partial charge in [0, 0.05) is 17.2 Å². The molecule has 2 aromatic carbocycles. The number of pyridine rings is 1. The third-order valence-corrected chi connectivity index (χ3v) is 5.37. The van der Waals surface area contributed by atoms with Crippen LogP contribution in [-0.2, 0) is 4.79 Å². The molecule has 0 aliphatic rings. The van der Waals surface area contributed by atoms with E-state index in [0.717, 1.165) is 28.5 Å². The fourth-order valence-corrected chi connectivity index (χ4v) is 4.12. The third-order valence-electron chi connectivity index (χ3n) is 5.37. The fourth-order valence-electron chi connectivity index (χ4n) is 4.12. The highest BCUT2D eigenvalue weighted by atomic mass is 19.1. The zero-order chi connectivity index (χ0) is 22.8. The number of carbonyl (C=O) groups is 1. The topological polar surface area (TPSA) is 78.9 Å². The highest BCUT2D eigenvalue weighted by Gasteiger charge is 2.26. The number of aryl methyl sites for hydroxylation is 2. The molecule has 0 spiro atoms. The van der Waals surface area contributed by atoms with Gasteiger partial charge in [0.05, 0.1) is 17.3 Å². The maximum Gasteiger partial charge on any atom is 0.328 e. The van der Waals surface area contributed by atoms with E-state index in [-0.39, 0.29) is 5.82 Å². The molecule has 0 fully saturated rings. The fraction of sp³-hybridized carbons (Fsp3) is 0.115. The van der Waals surface area contributed by atoms with Gasteiger partial charge in [0.25, 0.3) is 0 Å². The van der Waals surface area contributed by atoms with Crippen LogP contribution in [0.5, 0.6) is 0 Å². The first-order valence-corrected chi connectivity index (χ1v) is 10.0. The van der Waals surface area contributed by atoms with Gasteiger partial charge in [0.2, 0.25) is 0 Å². The summed E-state index contributed by atoms with van der Waals surface area (Å²) < 4.78 is 15.6. The van der Waals surface area contributed by atoms with Gasteiger partial charge in [0.15, 0.2) is 0 Å². The summed E-state index contributed by atoms with van der Waals surface area (Å²) in [6.45, 7) is 3.78. The van der Waals surface area contributed by atoms with E-state index in [1.807, 2.05) is 54.8 Å². The molecule has 0 amide bonds. The molecule has 0 aliphatic heterocycles.